The van der Waals surface area contributed by atoms with Gasteiger partial charge in [-0.15, -0.1) is 0 Å². The molecule has 1 N–H and O–H groups in total. The van der Waals surface area contributed by atoms with E-state index in [1.54, 1.807) is 25.6 Å². The SMILES string of the molecule is COc1cc(C(=O)N[C@H]2[C@@H]3C[C@H]2CN(C)C3)cnc1-c1cc2nccc(-c3ccc(OC4CCOCC4)c(C#N)c3)c2o1. The molecule has 0 unspecified atom stereocenters. The third kappa shape index (κ3) is 5.19. The minimum absolute atomic E-state index is 0.0341. The monoisotopic (exact) mass is 579 g/mol. The lowest BCUT2D eigenvalue weighted by Gasteiger charge is -2.52. The molecule has 3 aromatic heterocycles. The first-order chi connectivity index (χ1) is 21.0. The van der Waals surface area contributed by atoms with Crippen LogP contribution in [0, 0.1) is 23.2 Å². The van der Waals surface area contributed by atoms with Gasteiger partial charge in [-0.2, -0.15) is 5.26 Å². The molecule has 2 bridgehead atoms. The molecule has 3 atom stereocenters. The van der Waals surface area contributed by atoms with Crippen LogP contribution < -0.4 is 14.8 Å². The molecule has 4 aromatic rings. The molecule has 43 heavy (non-hydrogen) atoms. The van der Waals surface area contributed by atoms with Crippen LogP contribution in [-0.4, -0.2) is 73.4 Å². The van der Waals surface area contributed by atoms with E-state index in [0.29, 0.717) is 70.2 Å². The number of benzene rings is 1. The molecule has 1 amide bonds. The maximum atomic E-state index is 13.1. The zero-order chi connectivity index (χ0) is 29.5. The molecule has 2 aliphatic heterocycles. The van der Waals surface area contributed by atoms with Crippen molar-refractivity contribution in [3.05, 3.63) is 59.9 Å². The van der Waals surface area contributed by atoms with E-state index < -0.39 is 0 Å². The Labute approximate surface area is 249 Å². The van der Waals surface area contributed by atoms with Gasteiger partial charge >= 0.3 is 0 Å². The number of methoxy groups -OCH3 is 1. The van der Waals surface area contributed by atoms with Gasteiger partial charge in [0.05, 0.1) is 31.5 Å². The Kier molecular flexibility index (Phi) is 7.21. The van der Waals surface area contributed by atoms with E-state index in [2.05, 4.69) is 33.3 Å². The van der Waals surface area contributed by atoms with Crippen LogP contribution in [0.3, 0.4) is 0 Å². The van der Waals surface area contributed by atoms with Crippen LogP contribution in [0.2, 0.25) is 0 Å². The second-order valence-electron chi connectivity index (χ2n) is 11.7. The molecule has 220 valence electrons. The topological polar surface area (TPSA) is 123 Å². The maximum absolute atomic E-state index is 13.1. The Hall–Kier alpha value is -4.46. The molecule has 1 aliphatic carbocycles. The number of pyridine rings is 2. The van der Waals surface area contributed by atoms with Crippen LogP contribution in [0.5, 0.6) is 11.5 Å². The number of furan rings is 1. The first kappa shape index (κ1) is 27.4. The fourth-order valence-corrected chi connectivity index (χ4v) is 6.65. The summed E-state index contributed by atoms with van der Waals surface area (Å²) < 4.78 is 23.5. The predicted octanol–water partition coefficient (Wildman–Crippen LogP) is 4.67. The number of rotatable bonds is 7. The van der Waals surface area contributed by atoms with Crippen LogP contribution in [0.15, 0.2) is 53.2 Å². The second kappa shape index (κ2) is 11.3. The van der Waals surface area contributed by atoms with Crippen molar-refractivity contribution in [2.75, 3.05) is 40.5 Å². The largest absolute Gasteiger partial charge is 0.494 e. The summed E-state index contributed by atoms with van der Waals surface area (Å²) in [7, 11) is 3.68. The lowest BCUT2D eigenvalue weighted by molar-refractivity contribution is -0.000576. The number of hydrogen-bond donors (Lipinski definition) is 1. The van der Waals surface area contributed by atoms with Crippen molar-refractivity contribution in [3.8, 4) is 40.1 Å². The van der Waals surface area contributed by atoms with Gasteiger partial charge < -0.3 is 28.8 Å². The molecular formula is C33H33N5O5. The second-order valence-corrected chi connectivity index (χ2v) is 11.7. The molecule has 1 aromatic carbocycles. The summed E-state index contributed by atoms with van der Waals surface area (Å²) in [6.45, 7) is 3.34. The lowest BCUT2D eigenvalue weighted by atomic mass is 9.66. The summed E-state index contributed by atoms with van der Waals surface area (Å²) in [4.78, 5) is 24.5. The Morgan fingerprint density at radius 2 is 1.91 bits per heavy atom. The standard InChI is InChI=1S/C33H33N5O5/c1-38-17-22-12-23(18-38)30(22)37-33(39)21-13-28(40-2)31(36-16-21)29-14-26-32(43-29)25(5-8-35-26)19-3-4-27(20(11-19)15-34)42-24-6-9-41-10-7-24/h3-5,8,11,13-14,16,22-24,30H,6-7,9-10,12,17-18H2,1-2H3,(H,37,39)/t22-,23+,30+. The van der Waals surface area contributed by atoms with E-state index in [4.69, 9.17) is 18.6 Å². The number of ether oxygens (including phenoxy) is 3. The van der Waals surface area contributed by atoms with Gasteiger partial charge in [0.2, 0.25) is 0 Å². The number of hydrogen-bond acceptors (Lipinski definition) is 9. The highest BCUT2D eigenvalue weighted by Crippen LogP contribution is 2.40. The molecule has 3 aliphatic rings. The van der Waals surface area contributed by atoms with Gasteiger partial charge in [-0.05, 0) is 55.1 Å². The number of nitriles is 1. The molecule has 10 heteroatoms. The number of likely N-dealkylation sites (tertiary alicyclic amines) is 1. The predicted molar refractivity (Wildman–Crippen MR) is 159 cm³/mol. The number of piperidine rings is 2. The third-order valence-electron chi connectivity index (χ3n) is 8.86. The quantitative estimate of drug-likeness (QED) is 0.333. The number of aromatic nitrogens is 2. The average molecular weight is 580 g/mol. The van der Waals surface area contributed by atoms with Crippen molar-refractivity contribution in [1.82, 2.24) is 20.2 Å². The summed E-state index contributed by atoms with van der Waals surface area (Å²) in [5.41, 5.74) is 4.17. The Bertz CT molecular complexity index is 1710. The van der Waals surface area contributed by atoms with E-state index in [9.17, 15) is 10.1 Å². The number of fused-ring (bicyclic) bond motifs is 3. The van der Waals surface area contributed by atoms with Crippen molar-refractivity contribution in [1.29, 1.82) is 5.26 Å². The fraction of sp³-hybridized carbons (Fsp3) is 0.394. The Balaban J connectivity index is 1.15. The molecule has 7 rings (SSSR count). The fourth-order valence-electron chi connectivity index (χ4n) is 6.65. The third-order valence-corrected chi connectivity index (χ3v) is 8.86. The van der Waals surface area contributed by atoms with E-state index >= 15 is 0 Å². The number of carbonyl (C=O) groups excluding carboxylic acids is 1. The van der Waals surface area contributed by atoms with Gasteiger partial charge in [-0.1, -0.05) is 6.07 Å². The highest BCUT2D eigenvalue weighted by Gasteiger charge is 2.46. The summed E-state index contributed by atoms with van der Waals surface area (Å²) in [5, 5.41) is 13.1. The van der Waals surface area contributed by atoms with Gasteiger partial charge in [0.25, 0.3) is 5.91 Å². The van der Waals surface area contributed by atoms with Crippen molar-refractivity contribution < 1.29 is 23.4 Å². The summed E-state index contributed by atoms with van der Waals surface area (Å²) >= 11 is 0. The van der Waals surface area contributed by atoms with Gasteiger partial charge in [0.15, 0.2) is 11.3 Å². The van der Waals surface area contributed by atoms with E-state index in [1.165, 1.54) is 6.42 Å². The Morgan fingerprint density at radius 3 is 2.67 bits per heavy atom. The molecule has 5 heterocycles. The number of amides is 1. The molecule has 1 saturated carbocycles. The number of nitrogens with one attached hydrogen (secondary N) is 1. The van der Waals surface area contributed by atoms with Crippen LogP contribution in [-0.2, 0) is 4.74 Å². The summed E-state index contributed by atoms with van der Waals surface area (Å²) in [5.74, 6) is 2.32. The molecule has 3 fully saturated rings. The molecule has 2 saturated heterocycles. The van der Waals surface area contributed by atoms with E-state index in [-0.39, 0.29) is 18.1 Å². The van der Waals surface area contributed by atoms with Crippen LogP contribution >= 0.6 is 0 Å². The van der Waals surface area contributed by atoms with Crippen molar-refractivity contribution in [2.45, 2.75) is 31.4 Å². The average Bonchev–Trinajstić information content (AvgIpc) is 3.48. The van der Waals surface area contributed by atoms with Crippen molar-refractivity contribution in [2.24, 2.45) is 11.8 Å². The van der Waals surface area contributed by atoms with Crippen molar-refractivity contribution >= 4 is 17.0 Å². The van der Waals surface area contributed by atoms with Gasteiger partial charge in [-0.3, -0.25) is 9.78 Å². The first-order valence-electron chi connectivity index (χ1n) is 14.7. The molecule has 0 spiro atoms. The Morgan fingerprint density at radius 1 is 1.09 bits per heavy atom. The van der Waals surface area contributed by atoms with Crippen LogP contribution in [0.4, 0.5) is 0 Å². The molecular weight excluding hydrogens is 546 g/mol. The van der Waals surface area contributed by atoms with Crippen molar-refractivity contribution in [3.63, 3.8) is 0 Å². The van der Waals surface area contributed by atoms with Gasteiger partial charge in [0, 0.05) is 56.0 Å². The van der Waals surface area contributed by atoms with Crippen LogP contribution in [0.1, 0.15) is 35.2 Å². The minimum atomic E-state index is -0.146. The van der Waals surface area contributed by atoms with Gasteiger partial charge in [0.1, 0.15) is 34.9 Å². The summed E-state index contributed by atoms with van der Waals surface area (Å²) in [6, 6.07) is 13.4. The smallest absolute Gasteiger partial charge is 0.253 e. The maximum Gasteiger partial charge on any atom is 0.253 e. The number of carbonyl (C=O) groups is 1. The van der Waals surface area contributed by atoms with E-state index in [1.807, 2.05) is 30.3 Å². The highest BCUT2D eigenvalue weighted by molar-refractivity contribution is 5.96. The normalized spacial score (nSPS) is 22.0. The van der Waals surface area contributed by atoms with Gasteiger partial charge in [-0.25, -0.2) is 4.98 Å². The lowest BCUT2D eigenvalue weighted by Crippen LogP contribution is -2.63. The first-order valence-corrected chi connectivity index (χ1v) is 14.7. The highest BCUT2D eigenvalue weighted by atomic mass is 16.5. The van der Waals surface area contributed by atoms with E-state index in [0.717, 1.165) is 37.1 Å². The zero-order valence-corrected chi connectivity index (χ0v) is 24.2. The molecule has 0 radical (unpaired) electrons. The minimum Gasteiger partial charge on any atom is -0.494 e. The zero-order valence-electron chi connectivity index (χ0n) is 24.2. The molecule has 10 nitrogen and oxygen atoms in total. The number of nitrogens with zero attached hydrogens (tertiary/aromatic N) is 4. The van der Waals surface area contributed by atoms with Crippen LogP contribution in [0.25, 0.3) is 33.7 Å². The summed E-state index contributed by atoms with van der Waals surface area (Å²) in [6.07, 6.45) is 6.08.